The van der Waals surface area contributed by atoms with Crippen LogP contribution in [0.2, 0.25) is 5.02 Å². The number of rotatable bonds is 9. The molecule has 0 saturated heterocycles. The Balaban J connectivity index is 0.00000104. The largest absolute Gasteiger partial charge is 0.355 e. The van der Waals surface area contributed by atoms with Gasteiger partial charge in [0.15, 0.2) is 0 Å². The van der Waals surface area contributed by atoms with Gasteiger partial charge in [0.25, 0.3) is 5.91 Å². The van der Waals surface area contributed by atoms with Crippen molar-refractivity contribution in [3.8, 4) is 0 Å². The molecule has 0 aliphatic rings. The molecule has 7 heteroatoms. The number of carbonyl (C=O) groups is 1. The third-order valence-electron chi connectivity index (χ3n) is 5.65. The third-order valence-corrected chi connectivity index (χ3v) is 5.95. The van der Waals surface area contributed by atoms with Gasteiger partial charge in [-0.15, -0.1) is 0 Å². The van der Waals surface area contributed by atoms with Gasteiger partial charge in [0.1, 0.15) is 11.6 Å². The topological polar surface area (TPSA) is 66.0 Å². The molecular formula is C29H44ClFN4O. The third kappa shape index (κ3) is 11.3. The highest BCUT2D eigenvalue weighted by Gasteiger charge is 2.16. The predicted octanol–water partition coefficient (Wildman–Crippen LogP) is 8.97. The lowest BCUT2D eigenvalue weighted by atomic mass is 9.92. The molecule has 0 aliphatic heterocycles. The molecule has 0 spiro atoms. The number of amides is 1. The first kappa shape index (κ1) is 33.1. The van der Waals surface area contributed by atoms with Crippen LogP contribution in [0.25, 0.3) is 0 Å². The van der Waals surface area contributed by atoms with Gasteiger partial charge in [0.05, 0.1) is 28.2 Å². The molecular weight excluding hydrogens is 475 g/mol. The fourth-order valence-corrected chi connectivity index (χ4v) is 3.28. The van der Waals surface area contributed by atoms with Crippen molar-refractivity contribution in [2.24, 2.45) is 11.8 Å². The molecule has 0 radical (unpaired) electrons. The minimum absolute atomic E-state index is 0.0418. The van der Waals surface area contributed by atoms with E-state index in [0.29, 0.717) is 16.5 Å². The lowest BCUT2D eigenvalue weighted by Gasteiger charge is -2.15. The zero-order valence-electron chi connectivity index (χ0n) is 23.4. The van der Waals surface area contributed by atoms with E-state index in [4.69, 9.17) is 11.6 Å². The minimum Gasteiger partial charge on any atom is -0.355 e. The van der Waals surface area contributed by atoms with E-state index in [2.05, 4.69) is 55.2 Å². The molecule has 0 fully saturated rings. The first-order valence-electron chi connectivity index (χ1n) is 12.6. The summed E-state index contributed by atoms with van der Waals surface area (Å²) in [5, 5.41) is 8.78. The van der Waals surface area contributed by atoms with Crippen molar-refractivity contribution >= 4 is 34.7 Å². The predicted molar refractivity (Wildman–Crippen MR) is 155 cm³/mol. The SMILES string of the molecule is C=C(C)/C=C(\C)Nc1cc(Nc2c(F)cccc2C(=O)NC)c(Cl)cn1.CC.CCC(C)C(C)CC. The van der Waals surface area contributed by atoms with Gasteiger partial charge >= 0.3 is 0 Å². The monoisotopic (exact) mass is 518 g/mol. The second kappa shape index (κ2) is 17.6. The number of carbonyl (C=O) groups excluding carboxylic acids is 1. The number of halogens is 2. The first-order chi connectivity index (χ1) is 17.0. The Bertz CT molecular complexity index is 999. The number of hydrogen-bond donors (Lipinski definition) is 3. The quantitative estimate of drug-likeness (QED) is 0.290. The maximum Gasteiger partial charge on any atom is 0.253 e. The van der Waals surface area contributed by atoms with Gasteiger partial charge in [-0.1, -0.05) is 84.2 Å². The molecule has 0 saturated carbocycles. The van der Waals surface area contributed by atoms with E-state index in [1.807, 2.05) is 33.8 Å². The molecule has 2 rings (SSSR count). The van der Waals surface area contributed by atoms with Crippen LogP contribution in [-0.2, 0) is 0 Å². The summed E-state index contributed by atoms with van der Waals surface area (Å²) in [6.45, 7) is 20.7. The van der Waals surface area contributed by atoms with E-state index in [0.717, 1.165) is 23.1 Å². The maximum atomic E-state index is 14.3. The van der Waals surface area contributed by atoms with E-state index in [9.17, 15) is 9.18 Å². The van der Waals surface area contributed by atoms with Crippen molar-refractivity contribution in [1.29, 1.82) is 0 Å². The lowest BCUT2D eigenvalue weighted by Crippen LogP contribution is -2.19. The fourth-order valence-electron chi connectivity index (χ4n) is 3.13. The van der Waals surface area contributed by atoms with E-state index in [-0.39, 0.29) is 11.3 Å². The molecule has 200 valence electrons. The molecule has 1 aromatic carbocycles. The van der Waals surface area contributed by atoms with Crippen molar-refractivity contribution in [3.63, 3.8) is 0 Å². The second-order valence-corrected chi connectivity index (χ2v) is 8.89. The van der Waals surface area contributed by atoms with Crippen LogP contribution in [0.15, 0.2) is 54.4 Å². The summed E-state index contributed by atoms with van der Waals surface area (Å²) < 4.78 is 14.3. The average molecular weight is 519 g/mol. The molecule has 0 bridgehead atoms. The Morgan fingerprint density at radius 2 is 1.75 bits per heavy atom. The molecule has 1 aromatic heterocycles. The number of nitrogens with one attached hydrogen (secondary N) is 3. The van der Waals surface area contributed by atoms with Crippen LogP contribution in [-0.4, -0.2) is 17.9 Å². The van der Waals surface area contributed by atoms with Crippen molar-refractivity contribution in [3.05, 3.63) is 70.8 Å². The van der Waals surface area contributed by atoms with Gasteiger partial charge in [0, 0.05) is 18.8 Å². The smallest absolute Gasteiger partial charge is 0.253 e. The van der Waals surface area contributed by atoms with Gasteiger partial charge in [-0.3, -0.25) is 4.79 Å². The molecule has 2 atom stereocenters. The van der Waals surface area contributed by atoms with Crippen molar-refractivity contribution < 1.29 is 9.18 Å². The van der Waals surface area contributed by atoms with E-state index in [1.54, 1.807) is 6.07 Å². The van der Waals surface area contributed by atoms with Crippen LogP contribution in [0.4, 0.5) is 21.6 Å². The Kier molecular flexibility index (Phi) is 16.2. The van der Waals surface area contributed by atoms with E-state index in [1.165, 1.54) is 44.3 Å². The Hall–Kier alpha value is -2.86. The van der Waals surface area contributed by atoms with Crippen molar-refractivity contribution in [1.82, 2.24) is 10.3 Å². The normalized spacial score (nSPS) is 12.1. The molecule has 1 heterocycles. The molecule has 0 aliphatic carbocycles. The Morgan fingerprint density at radius 1 is 1.17 bits per heavy atom. The highest BCUT2D eigenvalue weighted by Crippen LogP contribution is 2.30. The highest BCUT2D eigenvalue weighted by atomic mass is 35.5. The van der Waals surface area contributed by atoms with Crippen LogP contribution in [0.1, 0.15) is 78.6 Å². The molecule has 1 amide bonds. The van der Waals surface area contributed by atoms with Crippen LogP contribution >= 0.6 is 11.6 Å². The summed E-state index contributed by atoms with van der Waals surface area (Å²) >= 11 is 6.18. The van der Waals surface area contributed by atoms with E-state index >= 15 is 0 Å². The van der Waals surface area contributed by atoms with Gasteiger partial charge in [0.2, 0.25) is 0 Å². The van der Waals surface area contributed by atoms with Gasteiger partial charge in [-0.2, -0.15) is 0 Å². The van der Waals surface area contributed by atoms with Crippen LogP contribution < -0.4 is 16.0 Å². The zero-order valence-corrected chi connectivity index (χ0v) is 24.1. The van der Waals surface area contributed by atoms with Crippen molar-refractivity contribution in [2.45, 2.75) is 68.2 Å². The summed E-state index contributed by atoms with van der Waals surface area (Å²) in [5.41, 5.74) is 2.37. The van der Waals surface area contributed by atoms with Crippen LogP contribution in [0, 0.1) is 17.7 Å². The van der Waals surface area contributed by atoms with Crippen LogP contribution in [0.3, 0.4) is 0 Å². The van der Waals surface area contributed by atoms with Crippen molar-refractivity contribution in [2.75, 3.05) is 17.7 Å². The number of benzene rings is 1. The van der Waals surface area contributed by atoms with Crippen LogP contribution in [0.5, 0.6) is 0 Å². The second-order valence-electron chi connectivity index (χ2n) is 8.49. The number of nitrogens with zero attached hydrogens (tertiary/aromatic N) is 1. The molecule has 3 N–H and O–H groups in total. The summed E-state index contributed by atoms with van der Waals surface area (Å²) in [7, 11) is 1.48. The zero-order chi connectivity index (χ0) is 27.8. The summed E-state index contributed by atoms with van der Waals surface area (Å²) in [6.07, 6.45) is 5.97. The van der Waals surface area contributed by atoms with Gasteiger partial charge in [-0.05, 0) is 43.9 Å². The molecule has 36 heavy (non-hydrogen) atoms. The lowest BCUT2D eigenvalue weighted by molar-refractivity contribution is 0.0963. The standard InChI is InChI=1S/C19H20ClFN4O.C8H18.C2H6/c1-11(2)8-12(3)24-17-9-16(14(20)10-23-17)25-18-13(19(26)22-4)6-5-7-15(18)21;1-5-7(3)8(4)6-2;1-2/h5-10H,1H2,2-4H3,(H,22,26)(H2,23,24,25);7-8H,5-6H2,1-4H3;1-2H3/b12-8+;;. The molecule has 2 unspecified atom stereocenters. The number of anilines is 3. The molecule has 5 nitrogen and oxygen atoms in total. The van der Waals surface area contributed by atoms with Gasteiger partial charge in [-0.25, -0.2) is 9.37 Å². The Morgan fingerprint density at radius 3 is 2.25 bits per heavy atom. The number of aromatic nitrogens is 1. The Labute approximate surface area is 222 Å². The van der Waals surface area contributed by atoms with E-state index < -0.39 is 11.7 Å². The minimum atomic E-state index is -0.563. The summed E-state index contributed by atoms with van der Waals surface area (Å²) in [5.74, 6) is 1.38. The summed E-state index contributed by atoms with van der Waals surface area (Å²) in [4.78, 5) is 16.2. The fraction of sp³-hybridized carbons (Fsp3) is 0.448. The number of para-hydroxylation sites is 1. The number of allylic oxidation sites excluding steroid dienone is 3. The number of pyridine rings is 1. The maximum absolute atomic E-state index is 14.3. The first-order valence-corrected chi connectivity index (χ1v) is 13.0. The van der Waals surface area contributed by atoms with Gasteiger partial charge < -0.3 is 16.0 Å². The average Bonchev–Trinajstić information content (AvgIpc) is 2.86. The highest BCUT2D eigenvalue weighted by molar-refractivity contribution is 6.33. The number of hydrogen-bond acceptors (Lipinski definition) is 4. The molecule has 2 aromatic rings. The summed E-state index contributed by atoms with van der Waals surface area (Å²) in [6, 6.07) is 5.90.